The summed E-state index contributed by atoms with van der Waals surface area (Å²) in [6, 6.07) is 14.3. The van der Waals surface area contributed by atoms with Gasteiger partial charge in [-0.1, -0.05) is 51.5 Å². The minimum atomic E-state index is -0.388. The number of hydrogen-bond acceptors (Lipinski definition) is 4. The predicted octanol–water partition coefficient (Wildman–Crippen LogP) is 8.02. The lowest BCUT2D eigenvalue weighted by Crippen LogP contribution is -2.15. The Labute approximate surface area is 205 Å². The van der Waals surface area contributed by atoms with E-state index in [9.17, 15) is 4.79 Å². The Hall–Kier alpha value is -2.75. The molecule has 0 atom stereocenters. The lowest BCUT2D eigenvalue weighted by Gasteiger charge is -2.28. The number of ether oxygens (including phenoxy) is 3. The van der Waals surface area contributed by atoms with Gasteiger partial charge < -0.3 is 14.2 Å². The zero-order valence-corrected chi connectivity index (χ0v) is 20.7. The lowest BCUT2D eigenvalue weighted by molar-refractivity contribution is 0.0734. The molecule has 0 spiro atoms. The van der Waals surface area contributed by atoms with E-state index < -0.39 is 0 Å². The van der Waals surface area contributed by atoms with Crippen LogP contribution < -0.4 is 14.2 Å². The number of allylic oxidation sites excluding steroid dienone is 1. The van der Waals surface area contributed by atoms with Crippen molar-refractivity contribution in [2.24, 2.45) is 11.8 Å². The summed E-state index contributed by atoms with van der Waals surface area (Å²) in [5, 5.41) is 0. The van der Waals surface area contributed by atoms with Crippen LogP contribution in [0.1, 0.15) is 81.5 Å². The summed E-state index contributed by atoms with van der Waals surface area (Å²) in [5.41, 5.74) is 0.488. The van der Waals surface area contributed by atoms with E-state index in [0.717, 1.165) is 49.2 Å². The maximum Gasteiger partial charge on any atom is 0.343 e. The van der Waals surface area contributed by atoms with Gasteiger partial charge in [-0.15, -0.1) is 6.58 Å². The van der Waals surface area contributed by atoms with E-state index in [4.69, 9.17) is 14.2 Å². The molecule has 3 rings (SSSR count). The minimum Gasteiger partial charge on any atom is -0.494 e. The number of benzene rings is 2. The first-order valence-corrected chi connectivity index (χ1v) is 13.0. The highest BCUT2D eigenvalue weighted by Crippen LogP contribution is 2.33. The molecule has 0 aromatic heterocycles. The molecule has 0 saturated heterocycles. The van der Waals surface area contributed by atoms with Crippen molar-refractivity contribution in [2.45, 2.75) is 71.1 Å². The third kappa shape index (κ3) is 8.89. The van der Waals surface area contributed by atoms with Crippen LogP contribution in [0.2, 0.25) is 0 Å². The van der Waals surface area contributed by atoms with Gasteiger partial charge in [-0.3, -0.25) is 0 Å². The fraction of sp³-hybridized carbons (Fsp3) is 0.500. The molecule has 184 valence electrons. The highest BCUT2D eigenvalue weighted by atomic mass is 16.5. The number of carbonyl (C=O) groups is 1. The maximum absolute atomic E-state index is 12.4. The molecule has 0 N–H and O–H groups in total. The largest absolute Gasteiger partial charge is 0.494 e. The average Bonchev–Trinajstić information content (AvgIpc) is 2.87. The van der Waals surface area contributed by atoms with Gasteiger partial charge in [-0.2, -0.15) is 0 Å². The van der Waals surface area contributed by atoms with Crippen LogP contribution >= 0.6 is 0 Å². The van der Waals surface area contributed by atoms with E-state index in [1.54, 1.807) is 36.4 Å². The van der Waals surface area contributed by atoms with Crippen molar-refractivity contribution < 1.29 is 19.0 Å². The molecule has 4 heteroatoms. The summed E-state index contributed by atoms with van der Waals surface area (Å²) >= 11 is 0. The molecule has 4 nitrogen and oxygen atoms in total. The summed E-state index contributed by atoms with van der Waals surface area (Å²) < 4.78 is 17.0. The molecule has 1 fully saturated rings. The van der Waals surface area contributed by atoms with E-state index in [-0.39, 0.29) is 5.97 Å². The van der Waals surface area contributed by atoms with Crippen LogP contribution in [0, 0.1) is 11.8 Å². The molecule has 2 aromatic rings. The second-order valence-corrected chi connectivity index (χ2v) is 9.33. The Morgan fingerprint density at radius 2 is 1.35 bits per heavy atom. The van der Waals surface area contributed by atoms with Crippen LogP contribution in [0.5, 0.6) is 17.2 Å². The van der Waals surface area contributed by atoms with Gasteiger partial charge in [-0.05, 0) is 86.1 Å². The fourth-order valence-electron chi connectivity index (χ4n) is 4.65. The van der Waals surface area contributed by atoms with Gasteiger partial charge in [0.25, 0.3) is 0 Å². The summed E-state index contributed by atoms with van der Waals surface area (Å²) in [7, 11) is 0. The molecule has 0 bridgehead atoms. The summed E-state index contributed by atoms with van der Waals surface area (Å²) in [4.78, 5) is 12.4. The van der Waals surface area contributed by atoms with Crippen molar-refractivity contribution in [1.29, 1.82) is 0 Å². The van der Waals surface area contributed by atoms with Crippen LogP contribution in [0.3, 0.4) is 0 Å². The number of carbonyl (C=O) groups excluding carboxylic acids is 1. The van der Waals surface area contributed by atoms with Crippen LogP contribution in [0.25, 0.3) is 0 Å². The van der Waals surface area contributed by atoms with Crippen molar-refractivity contribution in [2.75, 3.05) is 13.2 Å². The molecule has 0 heterocycles. The minimum absolute atomic E-state index is 0.388. The van der Waals surface area contributed by atoms with Crippen LogP contribution in [-0.2, 0) is 0 Å². The van der Waals surface area contributed by atoms with Gasteiger partial charge in [0, 0.05) is 0 Å². The standard InChI is InChI=1S/C30H40O4/c1-3-5-6-22-32-27-16-14-26(15-17-27)30(31)34-29-20-18-28(19-21-29)33-23-7-9-25-12-10-24(8-4-2)11-13-25/h3,14-21,24-25H,1,4-13,22-23H2,2H3. The van der Waals surface area contributed by atoms with Crippen molar-refractivity contribution >= 4 is 5.97 Å². The van der Waals surface area contributed by atoms with E-state index in [1.807, 2.05) is 18.2 Å². The van der Waals surface area contributed by atoms with E-state index in [0.29, 0.717) is 17.9 Å². The van der Waals surface area contributed by atoms with Gasteiger partial charge in [0.1, 0.15) is 17.2 Å². The zero-order chi connectivity index (χ0) is 24.0. The summed E-state index contributed by atoms with van der Waals surface area (Å²) in [5.74, 6) is 3.51. The highest BCUT2D eigenvalue weighted by Gasteiger charge is 2.20. The molecule has 34 heavy (non-hydrogen) atoms. The quantitative estimate of drug-likeness (QED) is 0.123. The average molecular weight is 465 g/mol. The molecular weight excluding hydrogens is 424 g/mol. The SMILES string of the molecule is C=CCCCOc1ccc(C(=O)Oc2ccc(OCCCC3CCC(CCC)CC3)cc2)cc1. The van der Waals surface area contributed by atoms with Gasteiger partial charge >= 0.3 is 5.97 Å². The Kier molecular flexibility index (Phi) is 11.0. The topological polar surface area (TPSA) is 44.8 Å². The predicted molar refractivity (Wildman–Crippen MR) is 138 cm³/mol. The number of esters is 1. The molecule has 0 radical (unpaired) electrons. The summed E-state index contributed by atoms with van der Waals surface area (Å²) in [6.07, 6.45) is 14.4. The number of rotatable bonds is 14. The van der Waals surface area contributed by atoms with E-state index in [1.165, 1.54) is 44.9 Å². The molecule has 0 aliphatic heterocycles. The second kappa shape index (κ2) is 14.5. The van der Waals surface area contributed by atoms with Gasteiger partial charge in [0.05, 0.1) is 18.8 Å². The van der Waals surface area contributed by atoms with Gasteiger partial charge in [0.2, 0.25) is 0 Å². The van der Waals surface area contributed by atoms with Crippen molar-refractivity contribution in [3.63, 3.8) is 0 Å². The Balaban J connectivity index is 1.34. The first-order chi connectivity index (χ1) is 16.7. The van der Waals surface area contributed by atoms with Crippen molar-refractivity contribution in [3.8, 4) is 17.2 Å². The van der Waals surface area contributed by atoms with Gasteiger partial charge in [-0.25, -0.2) is 4.79 Å². The highest BCUT2D eigenvalue weighted by molar-refractivity contribution is 5.91. The molecule has 0 amide bonds. The third-order valence-corrected chi connectivity index (χ3v) is 6.63. The first kappa shape index (κ1) is 25.9. The molecule has 1 aliphatic carbocycles. The van der Waals surface area contributed by atoms with Crippen LogP contribution in [0.15, 0.2) is 61.2 Å². The van der Waals surface area contributed by atoms with E-state index in [2.05, 4.69) is 13.5 Å². The molecular formula is C30H40O4. The van der Waals surface area contributed by atoms with Crippen molar-refractivity contribution in [3.05, 3.63) is 66.7 Å². The van der Waals surface area contributed by atoms with Crippen LogP contribution in [0.4, 0.5) is 0 Å². The smallest absolute Gasteiger partial charge is 0.343 e. The summed E-state index contributed by atoms with van der Waals surface area (Å²) in [6.45, 7) is 7.36. The van der Waals surface area contributed by atoms with Gasteiger partial charge in [0.15, 0.2) is 0 Å². The number of unbranched alkanes of at least 4 members (excludes halogenated alkanes) is 1. The van der Waals surface area contributed by atoms with Crippen molar-refractivity contribution in [1.82, 2.24) is 0 Å². The fourth-order valence-corrected chi connectivity index (χ4v) is 4.65. The monoisotopic (exact) mass is 464 g/mol. The maximum atomic E-state index is 12.4. The lowest BCUT2D eigenvalue weighted by atomic mass is 9.78. The molecule has 2 aromatic carbocycles. The molecule has 0 unspecified atom stereocenters. The zero-order valence-electron chi connectivity index (χ0n) is 20.7. The Morgan fingerprint density at radius 1 is 0.824 bits per heavy atom. The number of hydrogen-bond donors (Lipinski definition) is 0. The Morgan fingerprint density at radius 3 is 1.94 bits per heavy atom. The second-order valence-electron chi connectivity index (χ2n) is 9.33. The molecule has 1 aliphatic rings. The van der Waals surface area contributed by atoms with E-state index >= 15 is 0 Å². The Bertz CT molecular complexity index is 848. The van der Waals surface area contributed by atoms with Crippen LogP contribution in [-0.4, -0.2) is 19.2 Å². The first-order valence-electron chi connectivity index (χ1n) is 13.0. The third-order valence-electron chi connectivity index (χ3n) is 6.63. The normalized spacial score (nSPS) is 17.7. The molecule has 1 saturated carbocycles.